The predicted octanol–water partition coefficient (Wildman–Crippen LogP) is 4.50. The van der Waals surface area contributed by atoms with Crippen LogP contribution < -0.4 is 15.4 Å². The first-order valence-electron chi connectivity index (χ1n) is 11.2. The normalized spacial score (nSPS) is 24.4. The number of hydrogen-bond donors (Lipinski definition) is 2. The van der Waals surface area contributed by atoms with Crippen molar-refractivity contribution in [3.8, 4) is 5.75 Å². The molecule has 2 aliphatic rings. The van der Waals surface area contributed by atoms with Gasteiger partial charge in [-0.15, -0.1) is 0 Å². The van der Waals surface area contributed by atoms with Crippen LogP contribution in [0.4, 0.5) is 11.4 Å². The van der Waals surface area contributed by atoms with Gasteiger partial charge in [-0.3, -0.25) is 30.3 Å². The smallest absolute Gasteiger partial charge is 0.269 e. The molecule has 0 bridgehead atoms. The van der Waals surface area contributed by atoms with Gasteiger partial charge in [0, 0.05) is 34.3 Å². The monoisotopic (exact) mass is 552 g/mol. The van der Waals surface area contributed by atoms with Crippen molar-refractivity contribution in [3.05, 3.63) is 108 Å². The first-order valence-corrected chi connectivity index (χ1v) is 12.0. The molecule has 36 heavy (non-hydrogen) atoms. The minimum atomic E-state index is -1.48. The maximum Gasteiger partial charge on any atom is 0.269 e. The van der Waals surface area contributed by atoms with Crippen LogP contribution in [0.25, 0.3) is 0 Å². The molecular formula is C25H21BrN4O6. The van der Waals surface area contributed by atoms with Gasteiger partial charge in [-0.2, -0.15) is 0 Å². The minimum Gasteiger partial charge on any atom is -0.488 e. The van der Waals surface area contributed by atoms with E-state index in [4.69, 9.17) is 4.74 Å². The molecule has 184 valence electrons. The van der Waals surface area contributed by atoms with Crippen LogP contribution in [0.5, 0.6) is 5.75 Å². The molecule has 1 amide bonds. The lowest BCUT2D eigenvalue weighted by Gasteiger charge is -2.25. The number of nitro benzene ring substituents is 1. The largest absolute Gasteiger partial charge is 0.488 e. The summed E-state index contributed by atoms with van der Waals surface area (Å²) in [6.07, 6.45) is 0. The van der Waals surface area contributed by atoms with E-state index in [1.165, 1.54) is 12.1 Å². The van der Waals surface area contributed by atoms with Crippen LogP contribution in [0, 0.1) is 20.2 Å². The van der Waals surface area contributed by atoms with Gasteiger partial charge in [-0.25, -0.2) is 0 Å². The molecule has 2 heterocycles. The number of hydrogen-bond acceptors (Lipinski definition) is 7. The Bertz CT molecular complexity index is 1400. The second-order valence-corrected chi connectivity index (χ2v) is 9.76. The van der Waals surface area contributed by atoms with Gasteiger partial charge in [-0.05, 0) is 52.2 Å². The number of nitrogens with one attached hydrogen (secondary N) is 2. The van der Waals surface area contributed by atoms with E-state index in [9.17, 15) is 25.0 Å². The molecule has 0 aromatic heterocycles. The molecule has 10 nitrogen and oxygen atoms in total. The third-order valence-corrected chi connectivity index (χ3v) is 7.44. The summed E-state index contributed by atoms with van der Waals surface area (Å²) >= 11 is 3.49. The molecule has 1 fully saturated rings. The highest BCUT2D eigenvalue weighted by Gasteiger charge is 2.67. The fourth-order valence-electron chi connectivity index (χ4n) is 5.32. The van der Waals surface area contributed by atoms with Crippen molar-refractivity contribution < 1.29 is 19.4 Å². The molecule has 0 radical (unpaired) electrons. The molecule has 11 heteroatoms. The summed E-state index contributed by atoms with van der Waals surface area (Å²) in [4.78, 5) is 35.8. The Hall–Kier alpha value is -3.83. The number of fused-ring (bicyclic) bond motifs is 2. The molecular weight excluding hydrogens is 532 g/mol. The van der Waals surface area contributed by atoms with Crippen LogP contribution >= 0.6 is 15.9 Å². The summed E-state index contributed by atoms with van der Waals surface area (Å²) in [5, 5.41) is 29.5. The lowest BCUT2D eigenvalue weighted by atomic mass is 9.78. The van der Waals surface area contributed by atoms with Crippen molar-refractivity contribution in [1.29, 1.82) is 0 Å². The van der Waals surface area contributed by atoms with Crippen molar-refractivity contribution in [2.24, 2.45) is 0 Å². The third kappa shape index (κ3) is 3.80. The second kappa shape index (κ2) is 8.99. The van der Waals surface area contributed by atoms with E-state index in [1.807, 2.05) is 6.92 Å². The zero-order chi connectivity index (χ0) is 25.6. The van der Waals surface area contributed by atoms with E-state index in [1.54, 1.807) is 54.6 Å². The molecule has 0 unspecified atom stereocenters. The molecule has 1 spiro atoms. The maximum atomic E-state index is 13.2. The Balaban J connectivity index is 1.44. The average Bonchev–Trinajstić information content (AvgIpc) is 3.32. The van der Waals surface area contributed by atoms with Gasteiger partial charge in [0.2, 0.25) is 0 Å². The topological polar surface area (TPSA) is 137 Å². The highest BCUT2D eigenvalue weighted by molar-refractivity contribution is 9.10. The van der Waals surface area contributed by atoms with Crippen LogP contribution in [0.1, 0.15) is 29.5 Å². The fraction of sp³-hybridized carbons (Fsp3) is 0.240. The van der Waals surface area contributed by atoms with E-state index >= 15 is 0 Å². The summed E-state index contributed by atoms with van der Waals surface area (Å²) < 4.78 is 6.43. The number of anilines is 1. The fourth-order valence-corrected chi connectivity index (χ4v) is 5.83. The molecule has 3 aromatic carbocycles. The summed E-state index contributed by atoms with van der Waals surface area (Å²) in [6.45, 7) is 1.95. The second-order valence-electron chi connectivity index (χ2n) is 8.90. The minimum absolute atomic E-state index is 0.0227. The number of benzene rings is 3. The van der Waals surface area contributed by atoms with Crippen LogP contribution in [0.2, 0.25) is 0 Å². The van der Waals surface area contributed by atoms with Gasteiger partial charge >= 0.3 is 0 Å². The SMILES string of the molecule is C[C@@H]1N[C@]2(C(=O)Nc3ccccc32)[C@H]([N+](=O)[O-])[C@H]1c1ccc(OCc2cccc([N+](=O)[O-])c2)c(Br)c1. The first kappa shape index (κ1) is 23.9. The van der Waals surface area contributed by atoms with E-state index in [-0.39, 0.29) is 23.3 Å². The Labute approximate surface area is 214 Å². The quantitative estimate of drug-likeness (QED) is 0.339. The molecule has 5 rings (SSSR count). The number of para-hydroxylation sites is 1. The highest BCUT2D eigenvalue weighted by atomic mass is 79.9. The lowest BCUT2D eigenvalue weighted by Crippen LogP contribution is -2.54. The van der Waals surface area contributed by atoms with Crippen LogP contribution in [0.3, 0.4) is 0 Å². The number of nitrogens with zero attached hydrogens (tertiary/aromatic N) is 2. The molecule has 4 atom stereocenters. The molecule has 2 N–H and O–H groups in total. The Morgan fingerprint density at radius 2 is 1.83 bits per heavy atom. The number of halogens is 1. The zero-order valence-electron chi connectivity index (χ0n) is 19.0. The van der Waals surface area contributed by atoms with Crippen molar-refractivity contribution >= 4 is 33.2 Å². The molecule has 0 saturated carbocycles. The van der Waals surface area contributed by atoms with Crippen molar-refractivity contribution in [3.63, 3.8) is 0 Å². The first-order chi connectivity index (χ1) is 17.2. The number of rotatable bonds is 6. The summed E-state index contributed by atoms with van der Waals surface area (Å²) in [5.41, 5.74) is 0.956. The zero-order valence-corrected chi connectivity index (χ0v) is 20.6. The van der Waals surface area contributed by atoms with Gasteiger partial charge in [0.15, 0.2) is 5.54 Å². The molecule has 3 aromatic rings. The number of nitro groups is 2. The van der Waals surface area contributed by atoms with E-state index < -0.39 is 28.3 Å². The van der Waals surface area contributed by atoms with Gasteiger partial charge < -0.3 is 10.1 Å². The number of carbonyl (C=O) groups is 1. The molecule has 0 aliphatic carbocycles. The van der Waals surface area contributed by atoms with Gasteiger partial charge in [-0.1, -0.05) is 36.4 Å². The van der Waals surface area contributed by atoms with Crippen molar-refractivity contribution in [2.45, 2.75) is 37.1 Å². The van der Waals surface area contributed by atoms with Crippen molar-refractivity contribution in [1.82, 2.24) is 5.32 Å². The Morgan fingerprint density at radius 1 is 1.06 bits per heavy atom. The molecule has 2 aliphatic heterocycles. The van der Waals surface area contributed by atoms with Crippen LogP contribution in [-0.4, -0.2) is 27.8 Å². The number of ether oxygens (including phenoxy) is 1. The Morgan fingerprint density at radius 3 is 2.56 bits per heavy atom. The summed E-state index contributed by atoms with van der Waals surface area (Å²) in [6, 6.07) is 16.8. The number of amides is 1. The average molecular weight is 553 g/mol. The lowest BCUT2D eigenvalue weighted by molar-refractivity contribution is -0.532. The van der Waals surface area contributed by atoms with E-state index in [2.05, 4.69) is 26.6 Å². The van der Waals surface area contributed by atoms with Gasteiger partial charge in [0.25, 0.3) is 17.6 Å². The summed E-state index contributed by atoms with van der Waals surface area (Å²) in [5.74, 6) is -0.546. The van der Waals surface area contributed by atoms with Gasteiger partial charge in [0.1, 0.15) is 12.4 Å². The summed E-state index contributed by atoms with van der Waals surface area (Å²) in [7, 11) is 0. The Kier molecular flexibility index (Phi) is 5.97. The maximum absolute atomic E-state index is 13.2. The number of carbonyl (C=O) groups excluding carboxylic acids is 1. The highest BCUT2D eigenvalue weighted by Crippen LogP contribution is 2.50. The van der Waals surface area contributed by atoms with E-state index in [0.29, 0.717) is 32.6 Å². The standard InChI is InChI=1S/C25H21BrN4O6/c1-14-22(23(30(34)35)25(28-14)18-7-2-3-8-20(18)27-24(25)31)16-9-10-21(19(26)12-16)36-13-15-5-4-6-17(11-15)29(32)33/h2-12,14,22-23,28H,13H2,1H3,(H,27,31)/t14-,22+,23+,25-/m0/s1. The number of non-ortho nitro benzene ring substituents is 1. The molecule has 1 saturated heterocycles. The van der Waals surface area contributed by atoms with Gasteiger partial charge in [0.05, 0.1) is 15.3 Å². The van der Waals surface area contributed by atoms with Crippen molar-refractivity contribution in [2.75, 3.05) is 5.32 Å². The third-order valence-electron chi connectivity index (χ3n) is 6.82. The van der Waals surface area contributed by atoms with Crippen LogP contribution in [0.15, 0.2) is 71.2 Å². The van der Waals surface area contributed by atoms with Crippen LogP contribution in [-0.2, 0) is 16.9 Å². The van der Waals surface area contributed by atoms with E-state index in [0.717, 1.165) is 0 Å². The predicted molar refractivity (Wildman–Crippen MR) is 134 cm³/mol.